The Labute approximate surface area is 81.6 Å². The predicted octanol–water partition coefficient (Wildman–Crippen LogP) is 0.584. The van der Waals surface area contributed by atoms with Crippen LogP contribution in [0.5, 0.6) is 0 Å². The zero-order valence-corrected chi connectivity index (χ0v) is 8.06. The van der Waals surface area contributed by atoms with Crippen LogP contribution in [0.15, 0.2) is 12.2 Å². The van der Waals surface area contributed by atoms with Crippen LogP contribution in [0, 0.1) is 0 Å². The molecule has 1 atom stereocenters. The van der Waals surface area contributed by atoms with Gasteiger partial charge in [-0.1, -0.05) is 6.92 Å². The molecule has 5 heteroatoms. The number of hydrogen-bond donors (Lipinski definition) is 0. The van der Waals surface area contributed by atoms with E-state index in [1.54, 1.807) is 6.92 Å². The summed E-state index contributed by atoms with van der Waals surface area (Å²) in [6, 6.07) is 0. The van der Waals surface area contributed by atoms with Gasteiger partial charge in [0.2, 0.25) is 5.78 Å². The van der Waals surface area contributed by atoms with Gasteiger partial charge in [0.25, 0.3) is 0 Å². The van der Waals surface area contributed by atoms with E-state index in [4.69, 9.17) is 0 Å². The van der Waals surface area contributed by atoms with Crippen LogP contribution in [0.1, 0.15) is 20.3 Å². The van der Waals surface area contributed by atoms with Gasteiger partial charge in [-0.05, 0) is 19.4 Å². The summed E-state index contributed by atoms with van der Waals surface area (Å²) in [5, 5.41) is 0. The van der Waals surface area contributed by atoms with Crippen molar-refractivity contribution in [3.8, 4) is 0 Å². The zero-order valence-electron chi connectivity index (χ0n) is 8.06. The maximum Gasteiger partial charge on any atom is 0.366 e. The Hall–Kier alpha value is -1.49. The molecule has 0 bridgehead atoms. The lowest BCUT2D eigenvalue weighted by atomic mass is 10.3. The van der Waals surface area contributed by atoms with E-state index in [0.29, 0.717) is 6.42 Å². The Morgan fingerprint density at radius 1 is 1.36 bits per heavy atom. The Kier molecular flexibility index (Phi) is 6.22. The largest absolute Gasteiger partial charge is 0.366 e. The van der Waals surface area contributed by atoms with Crippen LogP contribution in [-0.2, 0) is 24.2 Å². The predicted molar refractivity (Wildman–Crippen MR) is 47.1 cm³/mol. The number of allylic oxidation sites excluding steroid dienone is 1. The minimum absolute atomic E-state index is 0.0965. The number of rotatable bonds is 6. The third kappa shape index (κ3) is 6.07. The fourth-order valence-electron chi connectivity index (χ4n) is 0.415. The molecular weight excluding hydrogens is 188 g/mol. The normalized spacial score (nSPS) is 12.4. The molecule has 0 fully saturated rings. The summed E-state index contributed by atoms with van der Waals surface area (Å²) in [5.74, 6) is -1.62. The quantitative estimate of drug-likeness (QED) is 0.206. The van der Waals surface area contributed by atoms with E-state index >= 15 is 0 Å². The van der Waals surface area contributed by atoms with Crippen molar-refractivity contribution < 1.29 is 24.2 Å². The third-order valence-electron chi connectivity index (χ3n) is 1.37. The molecule has 0 saturated heterocycles. The standard InChI is InChI=1S/C9H12O5/c1-3-7(2)13-14-9(12)5-4-8(11)6-10/h4-7H,3H2,1-2H3/b5-4+. The van der Waals surface area contributed by atoms with Crippen molar-refractivity contribution in [1.29, 1.82) is 0 Å². The van der Waals surface area contributed by atoms with Gasteiger partial charge in [-0.3, -0.25) is 14.5 Å². The molecule has 0 rings (SSSR count). The second-order valence-corrected chi connectivity index (χ2v) is 2.57. The smallest absolute Gasteiger partial charge is 0.294 e. The number of hydrogen-bond acceptors (Lipinski definition) is 5. The molecule has 0 amide bonds. The maximum absolute atomic E-state index is 10.8. The first-order valence-electron chi connectivity index (χ1n) is 4.14. The van der Waals surface area contributed by atoms with Crippen LogP contribution in [0.2, 0.25) is 0 Å². The molecule has 5 nitrogen and oxygen atoms in total. The van der Waals surface area contributed by atoms with Gasteiger partial charge < -0.3 is 0 Å². The summed E-state index contributed by atoms with van der Waals surface area (Å²) in [5.41, 5.74) is 0. The van der Waals surface area contributed by atoms with E-state index in [1.807, 2.05) is 6.92 Å². The molecule has 0 heterocycles. The Balaban J connectivity index is 3.81. The van der Waals surface area contributed by atoms with Crippen LogP contribution >= 0.6 is 0 Å². The molecule has 0 saturated carbocycles. The van der Waals surface area contributed by atoms with Gasteiger partial charge in [0.15, 0.2) is 6.29 Å². The van der Waals surface area contributed by atoms with E-state index < -0.39 is 11.8 Å². The summed E-state index contributed by atoms with van der Waals surface area (Å²) in [6.07, 6.45) is 2.24. The molecule has 0 radical (unpaired) electrons. The van der Waals surface area contributed by atoms with Crippen molar-refractivity contribution in [1.82, 2.24) is 0 Å². The molecular formula is C9H12O5. The van der Waals surface area contributed by atoms with Gasteiger partial charge >= 0.3 is 5.97 Å². The average Bonchev–Trinajstić information content (AvgIpc) is 2.22. The highest BCUT2D eigenvalue weighted by atomic mass is 17.2. The summed E-state index contributed by atoms with van der Waals surface area (Å²) < 4.78 is 0. The van der Waals surface area contributed by atoms with Crippen molar-refractivity contribution in [3.05, 3.63) is 12.2 Å². The van der Waals surface area contributed by atoms with Crippen molar-refractivity contribution in [2.75, 3.05) is 0 Å². The highest BCUT2D eigenvalue weighted by Crippen LogP contribution is 1.96. The van der Waals surface area contributed by atoms with Crippen molar-refractivity contribution >= 4 is 18.0 Å². The summed E-state index contributed by atoms with van der Waals surface area (Å²) in [7, 11) is 0. The van der Waals surface area contributed by atoms with Crippen molar-refractivity contribution in [3.63, 3.8) is 0 Å². The minimum Gasteiger partial charge on any atom is -0.294 e. The highest BCUT2D eigenvalue weighted by Gasteiger charge is 2.04. The molecule has 0 aromatic carbocycles. The van der Waals surface area contributed by atoms with Crippen LogP contribution in [0.25, 0.3) is 0 Å². The lowest BCUT2D eigenvalue weighted by Crippen LogP contribution is -2.11. The van der Waals surface area contributed by atoms with E-state index in [2.05, 4.69) is 9.78 Å². The number of carbonyl (C=O) groups is 3. The minimum atomic E-state index is -0.819. The van der Waals surface area contributed by atoms with Gasteiger partial charge in [0.05, 0.1) is 0 Å². The number of carbonyl (C=O) groups excluding carboxylic acids is 3. The first-order chi connectivity index (χ1) is 6.60. The van der Waals surface area contributed by atoms with Crippen LogP contribution < -0.4 is 0 Å². The van der Waals surface area contributed by atoms with Crippen molar-refractivity contribution in [2.45, 2.75) is 26.4 Å². The molecule has 1 unspecified atom stereocenters. The zero-order chi connectivity index (χ0) is 11.0. The fraction of sp³-hybridized carbons (Fsp3) is 0.444. The highest BCUT2D eigenvalue weighted by molar-refractivity contribution is 6.31. The Morgan fingerprint density at radius 2 is 2.00 bits per heavy atom. The lowest BCUT2D eigenvalue weighted by Gasteiger charge is -2.06. The summed E-state index contributed by atoms with van der Waals surface area (Å²) in [6.45, 7) is 3.60. The Bertz CT molecular complexity index is 244. The first-order valence-corrected chi connectivity index (χ1v) is 4.14. The maximum atomic E-state index is 10.8. The average molecular weight is 200 g/mol. The van der Waals surface area contributed by atoms with Gasteiger partial charge in [-0.25, -0.2) is 4.79 Å². The molecule has 0 spiro atoms. The number of aldehydes is 1. The van der Waals surface area contributed by atoms with Crippen LogP contribution in [-0.4, -0.2) is 24.1 Å². The monoisotopic (exact) mass is 200 g/mol. The molecule has 0 aliphatic rings. The van der Waals surface area contributed by atoms with Gasteiger partial charge in [0.1, 0.15) is 6.10 Å². The molecule has 0 N–H and O–H groups in total. The SMILES string of the molecule is CCC(C)OOC(=O)/C=C/C(=O)C=O. The molecule has 0 aliphatic heterocycles. The van der Waals surface area contributed by atoms with Gasteiger partial charge in [0, 0.05) is 6.08 Å². The molecule has 0 aromatic rings. The fourth-order valence-corrected chi connectivity index (χ4v) is 0.415. The topological polar surface area (TPSA) is 69.7 Å². The summed E-state index contributed by atoms with van der Waals surface area (Å²) in [4.78, 5) is 39.9. The first kappa shape index (κ1) is 12.5. The van der Waals surface area contributed by atoms with Crippen molar-refractivity contribution in [2.24, 2.45) is 0 Å². The van der Waals surface area contributed by atoms with Gasteiger partial charge in [-0.15, -0.1) is 0 Å². The molecule has 78 valence electrons. The van der Waals surface area contributed by atoms with E-state index in [0.717, 1.165) is 12.2 Å². The molecule has 0 aromatic heterocycles. The molecule has 0 aliphatic carbocycles. The second-order valence-electron chi connectivity index (χ2n) is 2.57. The third-order valence-corrected chi connectivity index (χ3v) is 1.37. The van der Waals surface area contributed by atoms with E-state index in [1.165, 1.54) is 0 Å². The van der Waals surface area contributed by atoms with Gasteiger partial charge in [-0.2, -0.15) is 4.89 Å². The second kappa shape index (κ2) is 6.97. The Morgan fingerprint density at radius 3 is 2.50 bits per heavy atom. The van der Waals surface area contributed by atoms with E-state index in [-0.39, 0.29) is 12.4 Å². The lowest BCUT2D eigenvalue weighted by molar-refractivity contribution is -0.290. The van der Waals surface area contributed by atoms with Crippen LogP contribution in [0.3, 0.4) is 0 Å². The van der Waals surface area contributed by atoms with Crippen LogP contribution in [0.4, 0.5) is 0 Å². The summed E-state index contributed by atoms with van der Waals surface area (Å²) >= 11 is 0. The molecule has 14 heavy (non-hydrogen) atoms. The number of ketones is 1. The van der Waals surface area contributed by atoms with E-state index in [9.17, 15) is 14.4 Å².